The van der Waals surface area contributed by atoms with Crippen LogP contribution in [0.25, 0.3) is 0 Å². The molecule has 0 radical (unpaired) electrons. The fourth-order valence-corrected chi connectivity index (χ4v) is 3.22. The Morgan fingerprint density at radius 1 is 0.680 bits per heavy atom. The van der Waals surface area contributed by atoms with Crippen LogP contribution in [0.2, 0.25) is 0 Å². The zero-order valence-corrected chi connectivity index (χ0v) is 17.0. The lowest BCUT2D eigenvalue weighted by Crippen LogP contribution is -2.32. The van der Waals surface area contributed by atoms with E-state index in [0.717, 1.165) is 0 Å². The molecular weight excluding hydrogens is 302 g/mol. The van der Waals surface area contributed by atoms with Gasteiger partial charge in [-0.05, 0) is 44.6 Å². The number of pyridine rings is 1. The van der Waals surface area contributed by atoms with Crippen LogP contribution in [0.15, 0.2) is 36.7 Å². The summed E-state index contributed by atoms with van der Waals surface area (Å²) < 4.78 is 2.31. The van der Waals surface area contributed by atoms with E-state index >= 15 is 0 Å². The molecule has 142 valence electrons. The topological polar surface area (TPSA) is 3.88 Å². The van der Waals surface area contributed by atoms with E-state index in [9.17, 15) is 0 Å². The molecule has 0 saturated heterocycles. The Kier molecular flexibility index (Phi) is 14.4. The third-order valence-corrected chi connectivity index (χ3v) is 4.99. The van der Waals surface area contributed by atoms with Crippen LogP contribution in [-0.2, 0) is 6.54 Å². The average molecular weight is 345 g/mol. The van der Waals surface area contributed by atoms with Crippen LogP contribution in [0, 0.1) is 6.92 Å². The van der Waals surface area contributed by atoms with Crippen molar-refractivity contribution >= 4 is 0 Å². The predicted octanol–water partition coefficient (Wildman–Crippen LogP) is 7.32. The van der Waals surface area contributed by atoms with Gasteiger partial charge in [0.2, 0.25) is 0 Å². The number of hydrogen-bond acceptors (Lipinski definition) is 0. The summed E-state index contributed by atoms with van der Waals surface area (Å²) in [5.74, 6) is 0. The molecule has 0 atom stereocenters. The minimum Gasteiger partial charge on any atom is -0.205 e. The Morgan fingerprint density at radius 2 is 1.16 bits per heavy atom. The van der Waals surface area contributed by atoms with Crippen LogP contribution >= 0.6 is 0 Å². The molecule has 1 heteroatoms. The van der Waals surface area contributed by atoms with E-state index < -0.39 is 0 Å². The Bertz CT molecular complexity index is 418. The van der Waals surface area contributed by atoms with Crippen molar-refractivity contribution in [2.75, 3.05) is 0 Å². The summed E-state index contributed by atoms with van der Waals surface area (Å²) in [6, 6.07) is 4.39. The fourth-order valence-electron chi connectivity index (χ4n) is 3.22. The molecule has 0 saturated carbocycles. The van der Waals surface area contributed by atoms with E-state index in [-0.39, 0.29) is 0 Å². The van der Waals surface area contributed by atoms with Gasteiger partial charge in [0.25, 0.3) is 0 Å². The van der Waals surface area contributed by atoms with Gasteiger partial charge in [0.1, 0.15) is 6.54 Å². The van der Waals surface area contributed by atoms with Gasteiger partial charge < -0.3 is 0 Å². The molecule has 1 heterocycles. The molecule has 0 N–H and O–H groups in total. The van der Waals surface area contributed by atoms with E-state index in [1.807, 2.05) is 0 Å². The molecule has 1 nitrogen and oxygen atoms in total. The molecule has 0 amide bonds. The maximum Gasteiger partial charge on any atom is 0.169 e. The highest BCUT2D eigenvalue weighted by atomic mass is 14.9. The smallest absolute Gasteiger partial charge is 0.169 e. The molecule has 1 aromatic heterocycles. The zero-order valence-electron chi connectivity index (χ0n) is 17.0. The molecule has 1 rings (SSSR count). The monoisotopic (exact) mass is 344 g/mol. The van der Waals surface area contributed by atoms with Gasteiger partial charge in [-0.15, -0.1) is 0 Å². The first-order chi connectivity index (χ1) is 12.3. The molecule has 0 aliphatic rings. The van der Waals surface area contributed by atoms with E-state index in [2.05, 4.69) is 55.1 Å². The Labute approximate surface area is 157 Å². The second-order valence-corrected chi connectivity index (χ2v) is 7.55. The quantitative estimate of drug-likeness (QED) is 0.168. The molecule has 0 spiro atoms. The molecule has 0 bridgehead atoms. The van der Waals surface area contributed by atoms with Gasteiger partial charge in [0.05, 0.1) is 0 Å². The maximum absolute atomic E-state index is 2.42. The molecule has 0 aromatic carbocycles. The minimum absolute atomic E-state index is 1.17. The van der Waals surface area contributed by atoms with Gasteiger partial charge in [-0.3, -0.25) is 0 Å². The third kappa shape index (κ3) is 13.8. The van der Waals surface area contributed by atoms with E-state index in [4.69, 9.17) is 0 Å². The normalized spacial score (nSPS) is 11.4. The van der Waals surface area contributed by atoms with Crippen LogP contribution in [0.4, 0.5) is 0 Å². The number of aryl methyl sites for hydroxylation is 2. The molecule has 25 heavy (non-hydrogen) atoms. The van der Waals surface area contributed by atoms with Gasteiger partial charge in [-0.2, -0.15) is 0 Å². The van der Waals surface area contributed by atoms with E-state index in [1.165, 1.54) is 102 Å². The van der Waals surface area contributed by atoms with Gasteiger partial charge in [-0.25, -0.2) is 4.57 Å². The third-order valence-electron chi connectivity index (χ3n) is 4.99. The molecule has 0 aliphatic carbocycles. The lowest BCUT2D eigenvalue weighted by atomic mass is 10.1. The summed E-state index contributed by atoms with van der Waals surface area (Å²) in [6.45, 7) is 5.60. The maximum atomic E-state index is 2.42. The van der Waals surface area contributed by atoms with Crippen LogP contribution < -0.4 is 4.57 Å². The van der Waals surface area contributed by atoms with Crippen molar-refractivity contribution in [1.82, 2.24) is 0 Å². The van der Waals surface area contributed by atoms with Crippen molar-refractivity contribution in [3.05, 3.63) is 42.2 Å². The number of hydrogen-bond donors (Lipinski definition) is 0. The van der Waals surface area contributed by atoms with Crippen molar-refractivity contribution in [1.29, 1.82) is 0 Å². The lowest BCUT2D eigenvalue weighted by molar-refractivity contribution is -0.697. The van der Waals surface area contributed by atoms with Crippen LogP contribution in [-0.4, -0.2) is 0 Å². The molecular formula is C24H42N+. The number of aromatic nitrogens is 1. The standard InChI is InChI=1S/C24H42N/c1-3-4-5-6-7-8-9-10-11-12-13-14-15-16-17-18-21-25-22-19-24(2)20-23-25/h10-11,19-20,22-23H,3-9,12-18,21H2,1-2H3/q+1. The second kappa shape index (κ2) is 16.4. The second-order valence-electron chi connectivity index (χ2n) is 7.55. The van der Waals surface area contributed by atoms with E-state index in [0.29, 0.717) is 0 Å². The van der Waals surface area contributed by atoms with E-state index in [1.54, 1.807) is 0 Å². The fraction of sp³-hybridized carbons (Fsp3) is 0.708. The van der Waals surface area contributed by atoms with Gasteiger partial charge in [-0.1, -0.05) is 70.4 Å². The number of nitrogens with zero attached hydrogens (tertiary/aromatic N) is 1. The molecule has 0 aliphatic heterocycles. The Balaban J connectivity index is 1.79. The van der Waals surface area contributed by atoms with Crippen molar-refractivity contribution in [3.8, 4) is 0 Å². The zero-order chi connectivity index (χ0) is 18.0. The highest BCUT2D eigenvalue weighted by molar-refractivity contribution is 5.03. The summed E-state index contributed by atoms with van der Waals surface area (Å²) in [7, 11) is 0. The summed E-state index contributed by atoms with van der Waals surface area (Å²) in [5.41, 5.74) is 1.34. The van der Waals surface area contributed by atoms with Crippen molar-refractivity contribution < 1.29 is 4.57 Å². The van der Waals surface area contributed by atoms with Gasteiger partial charge in [0, 0.05) is 18.6 Å². The summed E-state index contributed by atoms with van der Waals surface area (Å²) in [6.07, 6.45) is 28.5. The van der Waals surface area contributed by atoms with Crippen LogP contribution in [0.5, 0.6) is 0 Å². The first-order valence-electron chi connectivity index (χ1n) is 10.9. The average Bonchev–Trinajstić information content (AvgIpc) is 2.63. The van der Waals surface area contributed by atoms with Gasteiger partial charge >= 0.3 is 0 Å². The largest absolute Gasteiger partial charge is 0.205 e. The predicted molar refractivity (Wildman–Crippen MR) is 111 cm³/mol. The Morgan fingerprint density at radius 3 is 1.72 bits per heavy atom. The van der Waals surface area contributed by atoms with Crippen molar-refractivity contribution in [2.24, 2.45) is 0 Å². The Hall–Kier alpha value is -1.11. The summed E-state index contributed by atoms with van der Waals surface area (Å²) in [4.78, 5) is 0. The minimum atomic E-state index is 1.17. The van der Waals surface area contributed by atoms with Gasteiger partial charge in [0.15, 0.2) is 12.4 Å². The molecule has 0 unspecified atom stereocenters. The summed E-state index contributed by atoms with van der Waals surface area (Å²) in [5, 5.41) is 0. The number of allylic oxidation sites excluding steroid dienone is 2. The first-order valence-corrected chi connectivity index (χ1v) is 10.9. The summed E-state index contributed by atoms with van der Waals surface area (Å²) >= 11 is 0. The van der Waals surface area contributed by atoms with Crippen molar-refractivity contribution in [3.63, 3.8) is 0 Å². The van der Waals surface area contributed by atoms with Crippen LogP contribution in [0.1, 0.15) is 102 Å². The highest BCUT2D eigenvalue weighted by Gasteiger charge is 1.99. The molecule has 1 aromatic rings. The lowest BCUT2D eigenvalue weighted by Gasteiger charge is -2.00. The highest BCUT2D eigenvalue weighted by Crippen LogP contribution is 2.09. The first kappa shape index (κ1) is 21.9. The SMILES string of the molecule is CCCCCCCCC=CCCCCCCCC[n+]1ccc(C)cc1. The van der Waals surface area contributed by atoms with Crippen molar-refractivity contribution in [2.45, 2.75) is 110 Å². The van der Waals surface area contributed by atoms with Crippen LogP contribution in [0.3, 0.4) is 0 Å². The molecule has 0 fully saturated rings. The number of rotatable bonds is 16. The number of unbranched alkanes of at least 4 members (excludes halogenated alkanes) is 12.